The normalized spacial score (nSPS) is 16.1. The minimum absolute atomic E-state index is 0. The second-order valence-electron chi connectivity index (χ2n) is 9.04. The minimum Gasteiger partial charge on any atom is -0.475 e. The van der Waals surface area contributed by atoms with Gasteiger partial charge in [-0.15, -0.1) is 12.4 Å². The molecule has 0 radical (unpaired) electrons. The van der Waals surface area contributed by atoms with Crippen molar-refractivity contribution in [3.05, 3.63) is 65.7 Å². The number of hydrogen-bond donors (Lipinski definition) is 0. The Bertz CT molecular complexity index is 1200. The number of hydrogen-bond acceptors (Lipinski definition) is 5. The predicted octanol–water partition coefficient (Wildman–Crippen LogP) is 5.86. The van der Waals surface area contributed by atoms with Gasteiger partial charge in [0, 0.05) is 12.1 Å². The van der Waals surface area contributed by atoms with E-state index in [2.05, 4.69) is 50.1 Å². The molecule has 2 heterocycles. The van der Waals surface area contributed by atoms with E-state index in [1.165, 1.54) is 5.39 Å². The van der Waals surface area contributed by atoms with Gasteiger partial charge in [0.15, 0.2) is 17.7 Å². The van der Waals surface area contributed by atoms with Gasteiger partial charge in [0.05, 0.1) is 6.17 Å². The van der Waals surface area contributed by atoms with Gasteiger partial charge in [-0.1, -0.05) is 50.6 Å². The second kappa shape index (κ2) is 10.8. The Morgan fingerprint density at radius 2 is 1.77 bits per heavy atom. The lowest BCUT2D eigenvalue weighted by Gasteiger charge is -2.42. The lowest BCUT2D eigenvalue weighted by Crippen LogP contribution is -2.55. The number of benzene rings is 3. The molecule has 0 aromatic heterocycles. The average Bonchev–Trinajstić information content (AvgIpc) is 3.32. The van der Waals surface area contributed by atoms with E-state index in [1.54, 1.807) is 0 Å². The Morgan fingerprint density at radius 1 is 1.03 bits per heavy atom. The molecule has 5 rings (SSSR count). The number of halogens is 1. The highest BCUT2D eigenvalue weighted by Crippen LogP contribution is 2.37. The molecular weight excluding hydrogens is 464 g/mol. The Hall–Kier alpha value is -2.96. The molecule has 6 nitrogen and oxygen atoms in total. The number of ether oxygens (including phenoxy) is 3. The third-order valence-electron chi connectivity index (χ3n) is 6.89. The van der Waals surface area contributed by atoms with E-state index in [1.807, 2.05) is 35.2 Å². The van der Waals surface area contributed by atoms with Crippen LogP contribution in [0, 0.1) is 0 Å². The molecule has 7 heteroatoms. The van der Waals surface area contributed by atoms with Gasteiger partial charge in [0.25, 0.3) is 5.91 Å². The van der Waals surface area contributed by atoms with E-state index in [9.17, 15) is 4.79 Å². The molecule has 186 valence electrons. The third kappa shape index (κ3) is 4.91. The first-order valence-electron chi connectivity index (χ1n) is 12.2. The van der Waals surface area contributed by atoms with Crippen molar-refractivity contribution in [2.24, 2.45) is 0 Å². The summed E-state index contributed by atoms with van der Waals surface area (Å²) >= 11 is 0. The van der Waals surface area contributed by atoms with Crippen LogP contribution in [0.25, 0.3) is 10.8 Å². The average molecular weight is 497 g/mol. The molecule has 0 bridgehead atoms. The maximum absolute atomic E-state index is 13.6. The molecule has 0 aliphatic carbocycles. The first-order chi connectivity index (χ1) is 16.6. The van der Waals surface area contributed by atoms with E-state index >= 15 is 0 Å². The topological polar surface area (TPSA) is 51.2 Å². The van der Waals surface area contributed by atoms with Crippen molar-refractivity contribution in [2.45, 2.75) is 51.9 Å². The van der Waals surface area contributed by atoms with Gasteiger partial charge >= 0.3 is 0 Å². The van der Waals surface area contributed by atoms with Crippen LogP contribution in [0.2, 0.25) is 0 Å². The molecule has 0 spiro atoms. The molecule has 0 saturated heterocycles. The fraction of sp³-hybridized carbons (Fsp3) is 0.393. The molecule has 3 aromatic rings. The monoisotopic (exact) mass is 496 g/mol. The molecule has 2 atom stereocenters. The zero-order valence-corrected chi connectivity index (χ0v) is 21.3. The molecule has 1 amide bonds. The van der Waals surface area contributed by atoms with Gasteiger partial charge in [-0.3, -0.25) is 9.69 Å². The Labute approximate surface area is 213 Å². The molecule has 0 fully saturated rings. The highest BCUT2D eigenvalue weighted by molar-refractivity contribution is 5.97. The Morgan fingerprint density at radius 3 is 2.51 bits per heavy atom. The zero-order chi connectivity index (χ0) is 23.7. The van der Waals surface area contributed by atoms with Crippen LogP contribution < -0.4 is 14.2 Å². The summed E-state index contributed by atoms with van der Waals surface area (Å²) in [5, 5.41) is 2.35. The largest absolute Gasteiger partial charge is 0.475 e. The van der Waals surface area contributed by atoms with Crippen LogP contribution in [0.5, 0.6) is 17.2 Å². The maximum Gasteiger partial charge on any atom is 0.255 e. The molecule has 2 aliphatic heterocycles. The van der Waals surface area contributed by atoms with E-state index in [0.717, 1.165) is 48.1 Å². The molecular formula is C28H33ClN2O4. The van der Waals surface area contributed by atoms with Crippen molar-refractivity contribution in [3.8, 4) is 17.2 Å². The summed E-state index contributed by atoms with van der Waals surface area (Å²) in [7, 11) is 2.07. The quantitative estimate of drug-likeness (QED) is 0.365. The summed E-state index contributed by atoms with van der Waals surface area (Å²) in [5.41, 5.74) is 1.74. The standard InChI is InChI=1S/C28H32N2O4.ClH/c1-4-8-27(34-22-12-11-19-9-6-7-10-20(19)15-22)29(3)26(5-2)30-14-13-21-16-24-25(33-18-32-24)17-23(21)28(30)31;/h6-7,9-12,15-17,26-27H,4-5,8,13-14,18H2,1-3H3;1H. The van der Waals surface area contributed by atoms with Crippen molar-refractivity contribution in [1.82, 2.24) is 9.80 Å². The maximum atomic E-state index is 13.6. The van der Waals surface area contributed by atoms with Crippen LogP contribution in [0.4, 0.5) is 0 Å². The SMILES string of the molecule is CCCC(Oc1ccc2ccccc2c1)N(C)C(CC)N1CCc2cc3c(cc2C1=O)OCO3.Cl. The van der Waals surface area contributed by atoms with Gasteiger partial charge in [-0.05, 0) is 66.9 Å². The summed E-state index contributed by atoms with van der Waals surface area (Å²) in [6.07, 6.45) is 3.26. The fourth-order valence-electron chi connectivity index (χ4n) is 5.08. The number of rotatable bonds is 8. The molecule has 0 N–H and O–H groups in total. The van der Waals surface area contributed by atoms with Crippen LogP contribution in [-0.4, -0.2) is 48.5 Å². The number of carbonyl (C=O) groups is 1. The van der Waals surface area contributed by atoms with E-state index < -0.39 is 0 Å². The highest BCUT2D eigenvalue weighted by atomic mass is 35.5. The van der Waals surface area contributed by atoms with Crippen molar-refractivity contribution in [3.63, 3.8) is 0 Å². The van der Waals surface area contributed by atoms with Crippen molar-refractivity contribution < 1.29 is 19.0 Å². The predicted molar refractivity (Wildman–Crippen MR) is 140 cm³/mol. The van der Waals surface area contributed by atoms with Gasteiger partial charge in [0.2, 0.25) is 6.79 Å². The van der Waals surface area contributed by atoms with Crippen LogP contribution in [0.1, 0.15) is 49.0 Å². The molecule has 0 saturated carbocycles. The summed E-state index contributed by atoms with van der Waals surface area (Å²) in [4.78, 5) is 17.8. The minimum atomic E-state index is -0.137. The van der Waals surface area contributed by atoms with Gasteiger partial charge < -0.3 is 19.1 Å². The van der Waals surface area contributed by atoms with Crippen molar-refractivity contribution in [2.75, 3.05) is 20.4 Å². The van der Waals surface area contributed by atoms with Gasteiger partial charge in [-0.2, -0.15) is 0 Å². The van der Waals surface area contributed by atoms with Crippen LogP contribution >= 0.6 is 12.4 Å². The first kappa shape index (κ1) is 25.1. The van der Waals surface area contributed by atoms with Crippen LogP contribution in [0.3, 0.4) is 0 Å². The van der Waals surface area contributed by atoms with Crippen LogP contribution in [-0.2, 0) is 6.42 Å². The van der Waals surface area contributed by atoms with E-state index in [4.69, 9.17) is 14.2 Å². The summed E-state index contributed by atoms with van der Waals surface area (Å²) < 4.78 is 17.5. The molecule has 3 aromatic carbocycles. The number of nitrogens with zero attached hydrogens (tertiary/aromatic N) is 2. The fourth-order valence-corrected chi connectivity index (χ4v) is 5.08. The molecule has 2 unspecified atom stereocenters. The first-order valence-corrected chi connectivity index (χ1v) is 12.2. The van der Waals surface area contributed by atoms with Gasteiger partial charge in [-0.25, -0.2) is 0 Å². The summed E-state index contributed by atoms with van der Waals surface area (Å²) in [5.74, 6) is 2.27. The van der Waals surface area contributed by atoms with Gasteiger partial charge in [0.1, 0.15) is 5.75 Å². The second-order valence-corrected chi connectivity index (χ2v) is 9.04. The summed E-state index contributed by atoms with van der Waals surface area (Å²) in [6.45, 7) is 5.17. The van der Waals surface area contributed by atoms with Crippen molar-refractivity contribution in [1.29, 1.82) is 0 Å². The number of fused-ring (bicyclic) bond motifs is 3. The van der Waals surface area contributed by atoms with E-state index in [-0.39, 0.29) is 37.5 Å². The Kier molecular flexibility index (Phi) is 7.72. The lowest BCUT2D eigenvalue weighted by atomic mass is 9.97. The number of carbonyl (C=O) groups excluding carboxylic acids is 1. The van der Waals surface area contributed by atoms with Crippen molar-refractivity contribution >= 4 is 29.1 Å². The van der Waals surface area contributed by atoms with Crippen LogP contribution in [0.15, 0.2) is 54.6 Å². The molecule has 2 aliphatic rings. The Balaban J connectivity index is 0.00000289. The van der Waals surface area contributed by atoms with E-state index in [0.29, 0.717) is 17.9 Å². The summed E-state index contributed by atoms with van der Waals surface area (Å²) in [6, 6.07) is 18.3. The zero-order valence-electron chi connectivity index (χ0n) is 20.5. The third-order valence-corrected chi connectivity index (χ3v) is 6.89. The number of amides is 1. The highest BCUT2D eigenvalue weighted by Gasteiger charge is 2.35. The smallest absolute Gasteiger partial charge is 0.255 e. The molecule has 35 heavy (non-hydrogen) atoms. The lowest BCUT2D eigenvalue weighted by molar-refractivity contribution is -0.0434.